The van der Waals surface area contributed by atoms with Gasteiger partial charge >= 0.3 is 0 Å². The summed E-state index contributed by atoms with van der Waals surface area (Å²) in [5.41, 5.74) is 2.13. The molecule has 2 heterocycles. The van der Waals surface area contributed by atoms with Crippen LogP contribution in [0.3, 0.4) is 0 Å². The fourth-order valence-corrected chi connectivity index (χ4v) is 3.06. The van der Waals surface area contributed by atoms with Crippen molar-refractivity contribution in [1.82, 2.24) is 4.98 Å². The van der Waals surface area contributed by atoms with Crippen LogP contribution in [0, 0.1) is 6.92 Å². The summed E-state index contributed by atoms with van der Waals surface area (Å²) in [6.07, 6.45) is 1.58. The van der Waals surface area contributed by atoms with E-state index in [1.165, 1.54) is 12.1 Å². The number of amides is 1. The first-order valence-electron chi connectivity index (χ1n) is 8.80. The van der Waals surface area contributed by atoms with Gasteiger partial charge in [-0.15, -0.1) is 0 Å². The molecule has 2 aromatic carbocycles. The van der Waals surface area contributed by atoms with Crippen LogP contribution in [0.5, 0.6) is 5.75 Å². The quantitative estimate of drug-likeness (QED) is 0.503. The molecule has 0 aliphatic rings. The highest BCUT2D eigenvalue weighted by Crippen LogP contribution is 2.26. The Hall–Kier alpha value is -3.64. The summed E-state index contributed by atoms with van der Waals surface area (Å²) in [5.74, 6) is 0.0262. The number of phenolic OH excluding ortho intramolecular Hbond substituents is 1. The first-order chi connectivity index (χ1) is 14.0. The van der Waals surface area contributed by atoms with Crippen molar-refractivity contribution < 1.29 is 14.3 Å². The number of aromatic nitrogens is 1. The minimum absolute atomic E-state index is 0.0475. The SMILES string of the molecule is Cc1ccc(N=c2oc3cc(O)ccc3cc2C(=O)Nc2ccccn2)c(Cl)c1. The molecule has 4 rings (SSSR count). The first kappa shape index (κ1) is 18.7. The average molecular weight is 406 g/mol. The highest BCUT2D eigenvalue weighted by molar-refractivity contribution is 6.33. The van der Waals surface area contributed by atoms with Crippen LogP contribution < -0.4 is 10.9 Å². The summed E-state index contributed by atoms with van der Waals surface area (Å²) in [6, 6.07) is 16.9. The number of aromatic hydroxyl groups is 1. The van der Waals surface area contributed by atoms with E-state index in [0.717, 1.165) is 5.56 Å². The fraction of sp³-hybridized carbons (Fsp3) is 0.0455. The van der Waals surface area contributed by atoms with Gasteiger partial charge in [-0.05, 0) is 55.0 Å². The van der Waals surface area contributed by atoms with Crippen molar-refractivity contribution in [1.29, 1.82) is 0 Å². The number of fused-ring (bicyclic) bond motifs is 1. The molecular weight excluding hydrogens is 390 g/mol. The van der Waals surface area contributed by atoms with E-state index in [1.54, 1.807) is 48.7 Å². The van der Waals surface area contributed by atoms with Gasteiger partial charge in [0, 0.05) is 17.6 Å². The van der Waals surface area contributed by atoms with Gasteiger partial charge < -0.3 is 14.8 Å². The Morgan fingerprint density at radius 3 is 2.76 bits per heavy atom. The lowest BCUT2D eigenvalue weighted by Gasteiger charge is -2.07. The summed E-state index contributed by atoms with van der Waals surface area (Å²) in [4.78, 5) is 21.5. The highest BCUT2D eigenvalue weighted by Gasteiger charge is 2.14. The third-order valence-electron chi connectivity index (χ3n) is 4.21. The van der Waals surface area contributed by atoms with Crippen molar-refractivity contribution in [2.45, 2.75) is 6.92 Å². The van der Waals surface area contributed by atoms with Crippen molar-refractivity contribution in [3.63, 3.8) is 0 Å². The number of rotatable bonds is 3. The molecule has 4 aromatic rings. The minimum atomic E-state index is -0.426. The maximum Gasteiger partial charge on any atom is 0.262 e. The van der Waals surface area contributed by atoms with E-state index in [9.17, 15) is 9.90 Å². The van der Waals surface area contributed by atoms with E-state index < -0.39 is 5.91 Å². The Morgan fingerprint density at radius 1 is 1.14 bits per heavy atom. The number of carbonyl (C=O) groups is 1. The number of halogens is 1. The first-order valence-corrected chi connectivity index (χ1v) is 9.17. The van der Waals surface area contributed by atoms with Gasteiger partial charge in [0.15, 0.2) is 0 Å². The van der Waals surface area contributed by atoms with E-state index in [4.69, 9.17) is 16.0 Å². The van der Waals surface area contributed by atoms with Crippen LogP contribution in [0.25, 0.3) is 11.0 Å². The Kier molecular flexibility index (Phi) is 5.01. The van der Waals surface area contributed by atoms with Crippen molar-refractivity contribution in [2.75, 3.05) is 5.32 Å². The second-order valence-electron chi connectivity index (χ2n) is 6.42. The normalized spacial score (nSPS) is 11.6. The number of benzene rings is 2. The molecule has 0 aliphatic carbocycles. The molecule has 144 valence electrons. The zero-order valence-corrected chi connectivity index (χ0v) is 16.1. The van der Waals surface area contributed by atoms with Crippen molar-refractivity contribution in [3.8, 4) is 5.75 Å². The molecule has 2 N–H and O–H groups in total. The van der Waals surface area contributed by atoms with E-state index in [1.807, 2.05) is 13.0 Å². The maximum absolute atomic E-state index is 12.9. The van der Waals surface area contributed by atoms with Gasteiger partial charge in [-0.2, -0.15) is 0 Å². The van der Waals surface area contributed by atoms with Crippen LogP contribution >= 0.6 is 11.6 Å². The number of carbonyl (C=O) groups excluding carboxylic acids is 1. The van der Waals surface area contributed by atoms with Gasteiger partial charge in [-0.25, -0.2) is 9.98 Å². The maximum atomic E-state index is 12.9. The van der Waals surface area contributed by atoms with Crippen LogP contribution in [0.15, 0.2) is 76.3 Å². The van der Waals surface area contributed by atoms with Crippen LogP contribution in [0.2, 0.25) is 5.02 Å². The summed E-state index contributed by atoms with van der Waals surface area (Å²) < 4.78 is 5.86. The van der Waals surface area contributed by atoms with Gasteiger partial charge in [0.2, 0.25) is 5.55 Å². The summed E-state index contributed by atoms with van der Waals surface area (Å²) in [5, 5.41) is 13.6. The van der Waals surface area contributed by atoms with Gasteiger partial charge in [-0.1, -0.05) is 23.7 Å². The molecule has 1 amide bonds. The molecule has 0 radical (unpaired) electrons. The molecule has 0 fully saturated rings. The van der Waals surface area contributed by atoms with E-state index in [0.29, 0.717) is 27.5 Å². The second kappa shape index (κ2) is 7.77. The van der Waals surface area contributed by atoms with E-state index in [2.05, 4.69) is 15.3 Å². The minimum Gasteiger partial charge on any atom is -0.508 e. The van der Waals surface area contributed by atoms with Crippen molar-refractivity contribution in [2.24, 2.45) is 4.99 Å². The van der Waals surface area contributed by atoms with Crippen LogP contribution in [0.4, 0.5) is 11.5 Å². The molecule has 0 atom stereocenters. The number of anilines is 1. The molecule has 0 unspecified atom stereocenters. The standard InChI is InChI=1S/C22H16ClN3O3/c1-13-5-8-18(17(23)10-13)25-22-16(21(28)26-20-4-2-3-9-24-20)11-14-6-7-15(27)12-19(14)29-22/h2-12,27H,1H3,(H,24,26,28). The van der Waals surface area contributed by atoms with Crippen LogP contribution in [0.1, 0.15) is 15.9 Å². The molecule has 0 spiro atoms. The smallest absolute Gasteiger partial charge is 0.262 e. The lowest BCUT2D eigenvalue weighted by Crippen LogP contribution is -2.22. The number of phenols is 1. The van der Waals surface area contributed by atoms with E-state index in [-0.39, 0.29) is 16.9 Å². The molecule has 0 bridgehead atoms. The summed E-state index contributed by atoms with van der Waals surface area (Å²) in [7, 11) is 0. The number of nitrogens with zero attached hydrogens (tertiary/aromatic N) is 2. The fourth-order valence-electron chi connectivity index (χ4n) is 2.79. The molecular formula is C22H16ClN3O3. The zero-order valence-electron chi connectivity index (χ0n) is 15.4. The van der Waals surface area contributed by atoms with Gasteiger partial charge in [0.25, 0.3) is 5.91 Å². The third-order valence-corrected chi connectivity index (χ3v) is 4.51. The van der Waals surface area contributed by atoms with Crippen molar-refractivity contribution in [3.05, 3.63) is 88.6 Å². The summed E-state index contributed by atoms with van der Waals surface area (Å²) >= 11 is 6.30. The molecule has 0 saturated heterocycles. The second-order valence-corrected chi connectivity index (χ2v) is 6.83. The molecule has 6 nitrogen and oxygen atoms in total. The number of nitrogens with one attached hydrogen (secondary N) is 1. The molecule has 7 heteroatoms. The predicted molar refractivity (Wildman–Crippen MR) is 111 cm³/mol. The third kappa shape index (κ3) is 4.12. The molecule has 29 heavy (non-hydrogen) atoms. The molecule has 0 aliphatic heterocycles. The topological polar surface area (TPSA) is 87.7 Å². The Labute approximate surface area is 171 Å². The van der Waals surface area contributed by atoms with E-state index >= 15 is 0 Å². The number of pyridine rings is 1. The summed E-state index contributed by atoms with van der Waals surface area (Å²) in [6.45, 7) is 1.92. The average Bonchev–Trinajstić information content (AvgIpc) is 2.70. The lowest BCUT2D eigenvalue weighted by atomic mass is 10.1. The van der Waals surface area contributed by atoms with Gasteiger partial charge in [-0.3, -0.25) is 4.79 Å². The van der Waals surface area contributed by atoms with Crippen LogP contribution in [-0.4, -0.2) is 16.0 Å². The monoisotopic (exact) mass is 405 g/mol. The molecule has 0 saturated carbocycles. The Bertz CT molecular complexity index is 1280. The molecule has 2 aromatic heterocycles. The van der Waals surface area contributed by atoms with Gasteiger partial charge in [0.1, 0.15) is 22.7 Å². The Morgan fingerprint density at radius 2 is 2.00 bits per heavy atom. The van der Waals surface area contributed by atoms with Gasteiger partial charge in [0.05, 0.1) is 10.7 Å². The highest BCUT2D eigenvalue weighted by atomic mass is 35.5. The lowest BCUT2D eigenvalue weighted by molar-refractivity contribution is 0.102. The van der Waals surface area contributed by atoms with Crippen molar-refractivity contribution >= 4 is 40.0 Å². The largest absolute Gasteiger partial charge is 0.508 e. The van der Waals surface area contributed by atoms with Crippen LogP contribution in [-0.2, 0) is 0 Å². The number of hydrogen-bond acceptors (Lipinski definition) is 5. The number of aryl methyl sites for hydroxylation is 1. The number of hydrogen-bond donors (Lipinski definition) is 2. The predicted octanol–water partition coefficient (Wildman–Crippen LogP) is 4.98. The zero-order chi connectivity index (χ0) is 20.4. The Balaban J connectivity index is 1.89.